The van der Waals surface area contributed by atoms with Crippen LogP contribution < -0.4 is 21.9 Å². The number of rotatable bonds is 6. The molecule has 2 amide bonds. The average molecular weight is 399 g/mol. The van der Waals surface area contributed by atoms with Gasteiger partial charge in [0.2, 0.25) is 11.6 Å². The van der Waals surface area contributed by atoms with Gasteiger partial charge in [-0.3, -0.25) is 30.6 Å². The number of amides is 2. The molecule has 0 saturated carbocycles. The number of nitrogens with zero attached hydrogens (tertiary/aromatic N) is 3. The van der Waals surface area contributed by atoms with E-state index in [4.69, 9.17) is 5.73 Å². The van der Waals surface area contributed by atoms with Crippen molar-refractivity contribution in [2.45, 2.75) is 6.18 Å². The second-order valence-corrected chi connectivity index (χ2v) is 5.11. The summed E-state index contributed by atoms with van der Waals surface area (Å²) in [6.45, 7) is -0.716. The van der Waals surface area contributed by atoms with E-state index in [2.05, 4.69) is 15.4 Å². The quantitative estimate of drug-likeness (QED) is 0.410. The van der Waals surface area contributed by atoms with Gasteiger partial charge in [-0.1, -0.05) is 12.1 Å². The maximum Gasteiger partial charge on any atom is 0.417 e. The highest BCUT2D eigenvalue weighted by molar-refractivity contribution is 5.98. The number of halogens is 3. The summed E-state index contributed by atoms with van der Waals surface area (Å²) < 4.78 is 38.7. The first-order valence-corrected chi connectivity index (χ1v) is 7.35. The highest BCUT2D eigenvalue weighted by atomic mass is 19.4. The molecule has 0 aliphatic carbocycles. The molecule has 0 aliphatic heterocycles. The lowest BCUT2D eigenvalue weighted by molar-refractivity contribution is -0.383. The zero-order valence-electron chi connectivity index (χ0n) is 13.8. The topological polar surface area (TPSA) is 165 Å². The number of benzene rings is 1. The highest BCUT2D eigenvalue weighted by Gasteiger charge is 2.34. The summed E-state index contributed by atoms with van der Waals surface area (Å²) in [6, 6.07) is 4.05. The van der Waals surface area contributed by atoms with Crippen LogP contribution in [0.2, 0.25) is 0 Å². The number of hydrogen-bond acceptors (Lipinski definition) is 8. The predicted octanol–water partition coefficient (Wildman–Crippen LogP) is 0.859. The lowest BCUT2D eigenvalue weighted by Crippen LogP contribution is -2.40. The van der Waals surface area contributed by atoms with Crippen LogP contribution in [-0.2, 0) is 11.0 Å². The maximum absolute atomic E-state index is 12.9. The Morgan fingerprint density at radius 2 is 1.89 bits per heavy atom. The molecule has 14 heteroatoms. The number of hydrazine groups is 1. The summed E-state index contributed by atoms with van der Waals surface area (Å²) >= 11 is 0. The standard InChI is InChI=1S/C14H12F3N7O4/c15-14(16,17)8-4-2-1-3-7(8)13(26)19-5-9(25)22-23-12-10(24(27)28)11(18)20-6-21-12/h1-4,6H,5H2,(H,19,26)(H,22,25)(H3,18,20,21,23). The molecule has 0 saturated heterocycles. The van der Waals surface area contributed by atoms with E-state index in [0.717, 1.165) is 24.5 Å². The monoisotopic (exact) mass is 399 g/mol. The molecule has 0 fully saturated rings. The van der Waals surface area contributed by atoms with Crippen LogP contribution in [0.25, 0.3) is 0 Å². The van der Waals surface area contributed by atoms with Crippen molar-refractivity contribution in [3.8, 4) is 0 Å². The molecule has 2 rings (SSSR count). The Labute approximate surface area is 154 Å². The summed E-state index contributed by atoms with van der Waals surface area (Å²) in [7, 11) is 0. The van der Waals surface area contributed by atoms with Gasteiger partial charge < -0.3 is 11.1 Å². The van der Waals surface area contributed by atoms with Crippen LogP contribution in [0.3, 0.4) is 0 Å². The SMILES string of the molecule is Nc1ncnc(NNC(=O)CNC(=O)c2ccccc2C(F)(F)F)c1[N+](=O)[O-]. The van der Waals surface area contributed by atoms with Gasteiger partial charge in [-0.05, 0) is 12.1 Å². The molecule has 1 heterocycles. The fourth-order valence-corrected chi connectivity index (χ4v) is 2.02. The van der Waals surface area contributed by atoms with E-state index < -0.39 is 57.9 Å². The van der Waals surface area contributed by atoms with Crippen LogP contribution in [0.5, 0.6) is 0 Å². The molecule has 1 aromatic carbocycles. The molecule has 28 heavy (non-hydrogen) atoms. The van der Waals surface area contributed by atoms with Crippen molar-refractivity contribution in [2.24, 2.45) is 0 Å². The van der Waals surface area contributed by atoms with Crippen molar-refractivity contribution >= 4 is 29.1 Å². The molecule has 1 aromatic heterocycles. The Morgan fingerprint density at radius 1 is 1.21 bits per heavy atom. The summed E-state index contributed by atoms with van der Waals surface area (Å²) in [5.74, 6) is -2.90. The number of nitro groups is 1. The summed E-state index contributed by atoms with van der Waals surface area (Å²) in [5, 5.41) is 12.9. The fourth-order valence-electron chi connectivity index (χ4n) is 2.02. The molecule has 11 nitrogen and oxygen atoms in total. The van der Waals surface area contributed by atoms with E-state index in [9.17, 15) is 32.9 Å². The molecule has 0 spiro atoms. The largest absolute Gasteiger partial charge is 0.417 e. The maximum atomic E-state index is 12.9. The second-order valence-electron chi connectivity index (χ2n) is 5.11. The first-order chi connectivity index (χ1) is 13.1. The Morgan fingerprint density at radius 3 is 2.54 bits per heavy atom. The second kappa shape index (κ2) is 8.15. The van der Waals surface area contributed by atoms with Crippen molar-refractivity contribution in [1.82, 2.24) is 20.7 Å². The molecule has 0 aliphatic rings. The molecule has 148 valence electrons. The molecule has 5 N–H and O–H groups in total. The van der Waals surface area contributed by atoms with E-state index >= 15 is 0 Å². The molecular formula is C14H12F3N7O4. The third-order valence-electron chi connectivity index (χ3n) is 3.24. The van der Waals surface area contributed by atoms with Gasteiger partial charge in [-0.2, -0.15) is 13.2 Å². The molecule has 0 atom stereocenters. The van der Waals surface area contributed by atoms with Gasteiger partial charge in [0.25, 0.3) is 11.8 Å². The zero-order chi connectivity index (χ0) is 20.9. The van der Waals surface area contributed by atoms with Crippen molar-refractivity contribution in [3.63, 3.8) is 0 Å². The number of carbonyl (C=O) groups excluding carboxylic acids is 2. The number of nitrogens with one attached hydrogen (secondary N) is 3. The highest BCUT2D eigenvalue weighted by Crippen LogP contribution is 2.31. The van der Waals surface area contributed by atoms with E-state index in [-0.39, 0.29) is 0 Å². The minimum Gasteiger partial charge on any atom is -0.378 e. The van der Waals surface area contributed by atoms with Gasteiger partial charge in [-0.15, -0.1) is 0 Å². The summed E-state index contributed by atoms with van der Waals surface area (Å²) in [4.78, 5) is 40.7. The van der Waals surface area contributed by atoms with Gasteiger partial charge in [-0.25, -0.2) is 9.97 Å². The lowest BCUT2D eigenvalue weighted by Gasteiger charge is -2.13. The van der Waals surface area contributed by atoms with Gasteiger partial charge in [0, 0.05) is 0 Å². The minimum absolute atomic E-state index is 0.417. The molecular weight excluding hydrogens is 387 g/mol. The van der Waals surface area contributed by atoms with Gasteiger partial charge >= 0.3 is 11.9 Å². The Balaban J connectivity index is 1.98. The number of carbonyl (C=O) groups is 2. The summed E-state index contributed by atoms with van der Waals surface area (Å²) in [6.07, 6.45) is -3.84. The number of hydrogen-bond donors (Lipinski definition) is 4. The first kappa shape index (κ1) is 20.3. The number of aromatic nitrogens is 2. The fraction of sp³-hybridized carbons (Fsp3) is 0.143. The number of anilines is 2. The summed E-state index contributed by atoms with van der Waals surface area (Å²) in [5.41, 5.74) is 6.97. The van der Waals surface area contributed by atoms with Gasteiger partial charge in [0.1, 0.15) is 6.33 Å². The van der Waals surface area contributed by atoms with Crippen LogP contribution in [-0.4, -0.2) is 33.3 Å². The third-order valence-corrected chi connectivity index (χ3v) is 3.24. The zero-order valence-corrected chi connectivity index (χ0v) is 13.8. The average Bonchev–Trinajstić information content (AvgIpc) is 2.63. The smallest absolute Gasteiger partial charge is 0.378 e. The van der Waals surface area contributed by atoms with Gasteiger partial charge in [0.05, 0.1) is 22.6 Å². The van der Waals surface area contributed by atoms with Crippen LogP contribution >= 0.6 is 0 Å². The van der Waals surface area contributed by atoms with E-state index in [1.54, 1.807) is 0 Å². The first-order valence-electron chi connectivity index (χ1n) is 7.35. The van der Waals surface area contributed by atoms with Gasteiger partial charge in [0.15, 0.2) is 0 Å². The van der Waals surface area contributed by atoms with Crippen molar-refractivity contribution < 1.29 is 27.7 Å². The third kappa shape index (κ3) is 4.80. The van der Waals surface area contributed by atoms with Crippen LogP contribution in [0.4, 0.5) is 30.5 Å². The van der Waals surface area contributed by atoms with E-state index in [1.807, 2.05) is 10.7 Å². The van der Waals surface area contributed by atoms with Crippen molar-refractivity contribution in [1.29, 1.82) is 0 Å². The van der Waals surface area contributed by atoms with Crippen molar-refractivity contribution in [2.75, 3.05) is 17.7 Å². The molecule has 0 radical (unpaired) electrons. The Kier molecular flexibility index (Phi) is 5.92. The molecule has 2 aromatic rings. The van der Waals surface area contributed by atoms with Crippen LogP contribution in [0.15, 0.2) is 30.6 Å². The number of alkyl halides is 3. The molecule has 0 bridgehead atoms. The van der Waals surface area contributed by atoms with E-state index in [1.165, 1.54) is 6.07 Å². The Bertz CT molecular complexity index is 920. The van der Waals surface area contributed by atoms with Crippen molar-refractivity contribution in [3.05, 3.63) is 51.8 Å². The van der Waals surface area contributed by atoms with Crippen LogP contribution in [0.1, 0.15) is 15.9 Å². The Hall–Kier alpha value is -3.97. The van der Waals surface area contributed by atoms with E-state index in [0.29, 0.717) is 0 Å². The number of nitrogen functional groups attached to an aromatic ring is 1. The normalized spacial score (nSPS) is 10.8. The lowest BCUT2D eigenvalue weighted by atomic mass is 10.1. The van der Waals surface area contributed by atoms with Crippen LogP contribution in [0, 0.1) is 10.1 Å². The number of nitrogens with two attached hydrogens (primary N) is 1. The minimum atomic E-state index is -4.75. The predicted molar refractivity (Wildman–Crippen MR) is 88.6 cm³/mol. The molecule has 0 unspecified atom stereocenters.